The van der Waals surface area contributed by atoms with Crippen LogP contribution in [0.15, 0.2) is 29.2 Å². The summed E-state index contributed by atoms with van der Waals surface area (Å²) in [6, 6.07) is 7.59. The van der Waals surface area contributed by atoms with E-state index in [4.69, 9.17) is 11.6 Å². The van der Waals surface area contributed by atoms with Crippen molar-refractivity contribution in [1.82, 2.24) is 5.32 Å². The van der Waals surface area contributed by atoms with E-state index >= 15 is 0 Å². The fraction of sp³-hybridized carbons (Fsp3) is 0.533. The van der Waals surface area contributed by atoms with Gasteiger partial charge < -0.3 is 5.32 Å². The molecule has 2 nitrogen and oxygen atoms in total. The van der Waals surface area contributed by atoms with Crippen molar-refractivity contribution < 1.29 is 4.79 Å². The van der Waals surface area contributed by atoms with Gasteiger partial charge in [-0.1, -0.05) is 20.8 Å². The summed E-state index contributed by atoms with van der Waals surface area (Å²) in [5.74, 6) is -0.0628. The Bertz CT molecular complexity index is 411. The van der Waals surface area contributed by atoms with E-state index in [1.165, 1.54) is 0 Å². The van der Waals surface area contributed by atoms with Gasteiger partial charge in [-0.25, -0.2) is 0 Å². The van der Waals surface area contributed by atoms with Crippen LogP contribution in [0.1, 0.15) is 37.6 Å². The van der Waals surface area contributed by atoms with Gasteiger partial charge in [0, 0.05) is 17.0 Å². The fourth-order valence-electron chi connectivity index (χ4n) is 1.78. The van der Waals surface area contributed by atoms with E-state index in [2.05, 4.69) is 26.1 Å². The van der Waals surface area contributed by atoms with Crippen LogP contribution in [-0.2, 0) is 0 Å². The summed E-state index contributed by atoms with van der Waals surface area (Å²) in [6.07, 6.45) is 2.89. The minimum absolute atomic E-state index is 0.0329. The first-order chi connectivity index (χ1) is 8.81. The van der Waals surface area contributed by atoms with Crippen LogP contribution in [0.2, 0.25) is 0 Å². The van der Waals surface area contributed by atoms with Crippen LogP contribution in [-0.4, -0.2) is 24.1 Å². The van der Waals surface area contributed by atoms with E-state index in [0.717, 1.165) is 11.3 Å². The van der Waals surface area contributed by atoms with Crippen LogP contribution in [0.4, 0.5) is 0 Å². The van der Waals surface area contributed by atoms with Crippen molar-refractivity contribution in [2.75, 3.05) is 12.8 Å². The Hall–Kier alpha value is -0.670. The highest BCUT2D eigenvalue weighted by Gasteiger charge is 2.17. The van der Waals surface area contributed by atoms with E-state index in [9.17, 15) is 4.79 Å². The highest BCUT2D eigenvalue weighted by atomic mass is 35.5. The smallest absolute Gasteiger partial charge is 0.251 e. The molecule has 0 aromatic heterocycles. The van der Waals surface area contributed by atoms with Crippen molar-refractivity contribution in [2.45, 2.75) is 37.5 Å². The molecule has 1 aromatic rings. The van der Waals surface area contributed by atoms with Crippen LogP contribution in [0, 0.1) is 5.41 Å². The Morgan fingerprint density at radius 2 is 1.89 bits per heavy atom. The van der Waals surface area contributed by atoms with Gasteiger partial charge in [-0.05, 0) is 42.4 Å². The Balaban J connectivity index is 2.46. The zero-order chi connectivity index (χ0) is 14.5. The maximum absolute atomic E-state index is 11.9. The van der Waals surface area contributed by atoms with E-state index in [0.29, 0.717) is 12.1 Å². The molecule has 0 heterocycles. The standard InChI is InChI=1S/C15H22ClNOS/c1-15(2,3)9-12(16)10-17-14(18)11-5-7-13(19-4)8-6-11/h5-8,12H,9-10H2,1-4H3,(H,17,18). The highest BCUT2D eigenvalue weighted by molar-refractivity contribution is 7.98. The summed E-state index contributed by atoms with van der Waals surface area (Å²) in [7, 11) is 0. The summed E-state index contributed by atoms with van der Waals surface area (Å²) < 4.78 is 0. The predicted octanol–water partition coefficient (Wildman–Crippen LogP) is 4.18. The average molecular weight is 300 g/mol. The molecule has 0 aliphatic heterocycles. The first kappa shape index (κ1) is 16.4. The van der Waals surface area contributed by atoms with Gasteiger partial charge in [0.2, 0.25) is 0 Å². The largest absolute Gasteiger partial charge is 0.351 e. The molecule has 106 valence electrons. The average Bonchev–Trinajstić information content (AvgIpc) is 2.34. The van der Waals surface area contributed by atoms with Gasteiger partial charge in [-0.15, -0.1) is 23.4 Å². The van der Waals surface area contributed by atoms with Crippen LogP contribution >= 0.6 is 23.4 Å². The number of carbonyl (C=O) groups excluding carboxylic acids is 1. The second-order valence-electron chi connectivity index (χ2n) is 5.80. The van der Waals surface area contributed by atoms with Crippen molar-refractivity contribution >= 4 is 29.3 Å². The molecule has 1 N–H and O–H groups in total. The number of nitrogens with one attached hydrogen (secondary N) is 1. The predicted molar refractivity (Wildman–Crippen MR) is 84.3 cm³/mol. The zero-order valence-corrected chi connectivity index (χ0v) is 13.6. The number of halogens is 1. The molecule has 4 heteroatoms. The van der Waals surface area contributed by atoms with Crippen molar-refractivity contribution in [1.29, 1.82) is 0 Å². The van der Waals surface area contributed by atoms with Crippen LogP contribution in [0.3, 0.4) is 0 Å². The van der Waals surface area contributed by atoms with Gasteiger partial charge in [-0.2, -0.15) is 0 Å². The van der Waals surface area contributed by atoms with E-state index in [1.54, 1.807) is 11.8 Å². The third kappa shape index (κ3) is 6.35. The molecule has 0 radical (unpaired) electrons. The third-order valence-electron chi connectivity index (χ3n) is 2.67. The highest BCUT2D eigenvalue weighted by Crippen LogP contribution is 2.23. The van der Waals surface area contributed by atoms with E-state index in [1.807, 2.05) is 30.5 Å². The first-order valence-corrected chi connectivity index (χ1v) is 8.04. The Kier molecular flexibility index (Phi) is 6.21. The molecule has 0 saturated carbocycles. The van der Waals surface area contributed by atoms with Crippen molar-refractivity contribution in [2.24, 2.45) is 5.41 Å². The lowest BCUT2D eigenvalue weighted by atomic mass is 9.90. The van der Waals surface area contributed by atoms with Gasteiger partial charge in [0.05, 0.1) is 5.38 Å². The molecular weight excluding hydrogens is 278 g/mol. The minimum atomic E-state index is -0.0628. The number of hydrogen-bond acceptors (Lipinski definition) is 2. The molecule has 1 amide bonds. The summed E-state index contributed by atoms with van der Waals surface area (Å²) in [6.45, 7) is 6.93. The molecular formula is C15H22ClNOS. The third-order valence-corrected chi connectivity index (χ3v) is 3.72. The molecule has 0 aliphatic rings. The molecule has 1 aromatic carbocycles. The topological polar surface area (TPSA) is 29.1 Å². The van der Waals surface area contributed by atoms with Gasteiger partial charge in [-0.3, -0.25) is 4.79 Å². The second kappa shape index (κ2) is 7.20. The van der Waals surface area contributed by atoms with Gasteiger partial charge in [0.25, 0.3) is 5.91 Å². The summed E-state index contributed by atoms with van der Waals surface area (Å²) in [4.78, 5) is 13.1. The number of rotatable bonds is 5. The first-order valence-electron chi connectivity index (χ1n) is 6.38. The van der Waals surface area contributed by atoms with Crippen molar-refractivity contribution in [3.05, 3.63) is 29.8 Å². The number of hydrogen-bond donors (Lipinski definition) is 1. The Morgan fingerprint density at radius 1 is 1.32 bits per heavy atom. The number of amides is 1. The molecule has 0 spiro atoms. The van der Waals surface area contributed by atoms with Gasteiger partial charge in [0.1, 0.15) is 0 Å². The van der Waals surface area contributed by atoms with E-state index < -0.39 is 0 Å². The normalized spacial score (nSPS) is 13.1. The molecule has 1 atom stereocenters. The summed E-state index contributed by atoms with van der Waals surface area (Å²) >= 11 is 7.89. The van der Waals surface area contributed by atoms with Crippen LogP contribution in [0.5, 0.6) is 0 Å². The number of alkyl halides is 1. The van der Waals surface area contributed by atoms with Crippen LogP contribution in [0.25, 0.3) is 0 Å². The summed E-state index contributed by atoms with van der Waals surface area (Å²) in [5.41, 5.74) is 0.856. The zero-order valence-electron chi connectivity index (χ0n) is 12.0. The Morgan fingerprint density at radius 3 is 2.37 bits per heavy atom. The maximum Gasteiger partial charge on any atom is 0.251 e. The molecule has 1 unspecified atom stereocenters. The molecule has 0 aliphatic carbocycles. The van der Waals surface area contributed by atoms with Crippen molar-refractivity contribution in [3.63, 3.8) is 0 Å². The van der Waals surface area contributed by atoms with Gasteiger partial charge in [0.15, 0.2) is 0 Å². The quantitative estimate of drug-likeness (QED) is 0.653. The van der Waals surface area contributed by atoms with Gasteiger partial charge >= 0.3 is 0 Å². The second-order valence-corrected chi connectivity index (χ2v) is 7.30. The SMILES string of the molecule is CSc1ccc(C(=O)NCC(Cl)CC(C)(C)C)cc1. The molecule has 0 fully saturated rings. The number of carbonyl (C=O) groups is 1. The minimum Gasteiger partial charge on any atom is -0.351 e. The lowest BCUT2D eigenvalue weighted by molar-refractivity contribution is 0.0952. The summed E-state index contributed by atoms with van der Waals surface area (Å²) in [5, 5.41) is 2.85. The molecule has 0 saturated heterocycles. The maximum atomic E-state index is 11.9. The van der Waals surface area contributed by atoms with Crippen molar-refractivity contribution in [3.8, 4) is 0 Å². The lowest BCUT2D eigenvalue weighted by Crippen LogP contribution is -2.31. The molecule has 0 bridgehead atoms. The fourth-order valence-corrected chi connectivity index (χ4v) is 2.73. The van der Waals surface area contributed by atoms with Crippen LogP contribution < -0.4 is 5.32 Å². The van der Waals surface area contributed by atoms with E-state index in [-0.39, 0.29) is 16.7 Å². The number of benzene rings is 1. The lowest BCUT2D eigenvalue weighted by Gasteiger charge is -2.22. The number of thioether (sulfide) groups is 1. The molecule has 1 rings (SSSR count). The monoisotopic (exact) mass is 299 g/mol. The Labute approximate surface area is 125 Å². The molecule has 19 heavy (non-hydrogen) atoms.